The van der Waals surface area contributed by atoms with E-state index in [9.17, 15) is 0 Å². The number of para-hydroxylation sites is 1. The smallest absolute Gasteiger partial charge is 0.203 e. The predicted molar refractivity (Wildman–Crippen MR) is 115 cm³/mol. The second-order valence-corrected chi connectivity index (χ2v) is 7.27. The van der Waals surface area contributed by atoms with Gasteiger partial charge in [-0.3, -0.25) is 5.41 Å². The first-order chi connectivity index (χ1) is 12.4. The summed E-state index contributed by atoms with van der Waals surface area (Å²) in [6.07, 6.45) is 1.00. The van der Waals surface area contributed by atoms with E-state index < -0.39 is 0 Å². The molecule has 2 aromatic rings. The van der Waals surface area contributed by atoms with Crippen molar-refractivity contribution in [3.8, 4) is 0 Å². The molecule has 0 aliphatic carbocycles. The highest BCUT2D eigenvalue weighted by Gasteiger charge is 2.23. The summed E-state index contributed by atoms with van der Waals surface area (Å²) in [6, 6.07) is 17.2. The number of anilines is 2. The van der Waals surface area contributed by atoms with Crippen molar-refractivity contribution in [1.29, 1.82) is 5.41 Å². The number of hydrogen-bond acceptors (Lipinski definition) is 1. The van der Waals surface area contributed by atoms with Gasteiger partial charge < -0.3 is 9.80 Å². The molecule has 0 unspecified atom stereocenters. The van der Waals surface area contributed by atoms with Crippen LogP contribution in [0.2, 0.25) is 0 Å². The lowest BCUT2D eigenvalue weighted by Gasteiger charge is -2.37. The Balaban J connectivity index is 2.47. The molecule has 0 saturated heterocycles. The molecule has 0 aliphatic heterocycles. The molecule has 0 spiro atoms. The molecule has 3 heteroatoms. The summed E-state index contributed by atoms with van der Waals surface area (Å²) in [5.74, 6) is 0.952. The molecule has 2 aromatic carbocycles. The lowest BCUT2D eigenvalue weighted by Crippen LogP contribution is -2.48. The summed E-state index contributed by atoms with van der Waals surface area (Å²) in [5.41, 5.74) is 4.80. The fraction of sp³-hybridized carbons (Fsp3) is 0.435. The average molecular weight is 352 g/mol. The zero-order valence-corrected chi connectivity index (χ0v) is 17.1. The highest BCUT2D eigenvalue weighted by atomic mass is 15.4. The zero-order valence-electron chi connectivity index (χ0n) is 17.1. The first kappa shape index (κ1) is 20.0. The minimum Gasteiger partial charge on any atom is -0.312 e. The predicted octanol–water partition coefficient (Wildman–Crippen LogP) is 6.05. The Labute approximate surface area is 159 Å². The van der Waals surface area contributed by atoms with Crippen molar-refractivity contribution >= 4 is 17.3 Å². The summed E-state index contributed by atoms with van der Waals surface area (Å²) in [4.78, 5) is 4.24. The van der Waals surface area contributed by atoms with Crippen LogP contribution in [-0.4, -0.2) is 18.5 Å². The van der Waals surface area contributed by atoms with Gasteiger partial charge in [0.05, 0.1) is 0 Å². The molecule has 140 valence electrons. The Morgan fingerprint density at radius 2 is 1.65 bits per heavy atom. The Bertz CT molecular complexity index is 734. The van der Waals surface area contributed by atoms with Crippen LogP contribution in [0.4, 0.5) is 11.4 Å². The van der Waals surface area contributed by atoms with Gasteiger partial charge in [-0.25, -0.2) is 0 Å². The highest BCUT2D eigenvalue weighted by Crippen LogP contribution is 2.29. The van der Waals surface area contributed by atoms with Crippen molar-refractivity contribution in [3.63, 3.8) is 0 Å². The van der Waals surface area contributed by atoms with E-state index in [1.165, 1.54) is 11.1 Å². The van der Waals surface area contributed by atoms with E-state index >= 15 is 0 Å². The topological polar surface area (TPSA) is 30.3 Å². The van der Waals surface area contributed by atoms with E-state index in [1.807, 2.05) is 0 Å². The van der Waals surface area contributed by atoms with Gasteiger partial charge in [-0.2, -0.15) is 0 Å². The van der Waals surface area contributed by atoms with Crippen LogP contribution < -0.4 is 9.80 Å². The third-order valence-corrected chi connectivity index (χ3v) is 4.76. The molecule has 3 nitrogen and oxygen atoms in total. The molecule has 26 heavy (non-hydrogen) atoms. The number of guanidine groups is 1. The largest absolute Gasteiger partial charge is 0.312 e. The number of nitrogens with zero attached hydrogens (tertiary/aromatic N) is 2. The van der Waals surface area contributed by atoms with E-state index in [-0.39, 0.29) is 6.04 Å². The number of nitrogens with one attached hydrogen (secondary N) is 1. The van der Waals surface area contributed by atoms with Crippen molar-refractivity contribution in [3.05, 3.63) is 59.7 Å². The monoisotopic (exact) mass is 351 g/mol. The van der Waals surface area contributed by atoms with Crippen LogP contribution >= 0.6 is 0 Å². The summed E-state index contributed by atoms with van der Waals surface area (Å²) in [5, 5.41) is 9.03. The van der Waals surface area contributed by atoms with Crippen LogP contribution in [0.5, 0.6) is 0 Å². The minimum absolute atomic E-state index is 0.204. The van der Waals surface area contributed by atoms with Crippen LogP contribution in [0.15, 0.2) is 48.5 Å². The first-order valence-corrected chi connectivity index (χ1v) is 9.73. The summed E-state index contributed by atoms with van der Waals surface area (Å²) in [7, 11) is 0. The van der Waals surface area contributed by atoms with Gasteiger partial charge in [0.2, 0.25) is 5.96 Å². The normalized spacial score (nSPS) is 11.1. The van der Waals surface area contributed by atoms with Crippen LogP contribution in [0.3, 0.4) is 0 Å². The standard InChI is InChI=1S/C23H33N3/c1-7-19-12-11-13-20(16-19)26(18(5)6)23(24)25(8-2)22-15-10-9-14-21(22)17(3)4/h9-18,24H,7-8H2,1-6H3. The van der Waals surface area contributed by atoms with Crippen molar-refractivity contribution in [1.82, 2.24) is 0 Å². The third kappa shape index (κ3) is 4.27. The van der Waals surface area contributed by atoms with Gasteiger partial charge in [0.25, 0.3) is 0 Å². The van der Waals surface area contributed by atoms with E-state index in [1.54, 1.807) is 0 Å². The Hall–Kier alpha value is -2.29. The molecule has 0 saturated carbocycles. The van der Waals surface area contributed by atoms with Gasteiger partial charge in [0.1, 0.15) is 0 Å². The summed E-state index contributed by atoms with van der Waals surface area (Å²) in [6.45, 7) is 13.8. The van der Waals surface area contributed by atoms with Gasteiger partial charge in [-0.1, -0.05) is 51.1 Å². The lowest BCUT2D eigenvalue weighted by molar-refractivity contribution is 0.783. The number of hydrogen-bond donors (Lipinski definition) is 1. The number of benzene rings is 2. The van der Waals surface area contributed by atoms with Crippen molar-refractivity contribution in [2.24, 2.45) is 0 Å². The van der Waals surface area contributed by atoms with Gasteiger partial charge in [-0.05, 0) is 62.4 Å². The second kappa shape index (κ2) is 8.88. The Morgan fingerprint density at radius 1 is 0.962 bits per heavy atom. The molecule has 0 atom stereocenters. The van der Waals surface area contributed by atoms with Crippen LogP contribution in [-0.2, 0) is 6.42 Å². The number of rotatable bonds is 6. The third-order valence-electron chi connectivity index (χ3n) is 4.76. The van der Waals surface area contributed by atoms with Crippen molar-refractivity contribution < 1.29 is 0 Å². The highest BCUT2D eigenvalue weighted by molar-refractivity contribution is 6.06. The van der Waals surface area contributed by atoms with E-state index in [0.717, 1.165) is 24.3 Å². The Kier molecular flexibility index (Phi) is 6.84. The van der Waals surface area contributed by atoms with Crippen LogP contribution in [0, 0.1) is 5.41 Å². The van der Waals surface area contributed by atoms with Gasteiger partial charge in [0.15, 0.2) is 0 Å². The lowest BCUT2D eigenvalue weighted by atomic mass is 10.0. The van der Waals surface area contributed by atoms with Crippen LogP contribution in [0.25, 0.3) is 0 Å². The number of aryl methyl sites for hydroxylation is 1. The second-order valence-electron chi connectivity index (χ2n) is 7.27. The van der Waals surface area contributed by atoms with E-state index in [4.69, 9.17) is 5.41 Å². The maximum absolute atomic E-state index is 9.03. The quantitative estimate of drug-likeness (QED) is 0.507. The molecular formula is C23H33N3. The minimum atomic E-state index is 0.204. The van der Waals surface area contributed by atoms with E-state index in [2.05, 4.69) is 99.9 Å². The molecule has 0 bridgehead atoms. The van der Waals surface area contributed by atoms with Crippen LogP contribution in [0.1, 0.15) is 58.6 Å². The maximum Gasteiger partial charge on any atom is 0.203 e. The molecule has 0 aromatic heterocycles. The average Bonchev–Trinajstić information content (AvgIpc) is 2.62. The molecular weight excluding hydrogens is 318 g/mol. The maximum atomic E-state index is 9.03. The molecule has 0 fully saturated rings. The van der Waals surface area contributed by atoms with Gasteiger partial charge in [-0.15, -0.1) is 0 Å². The fourth-order valence-electron chi connectivity index (χ4n) is 3.38. The van der Waals surface area contributed by atoms with Gasteiger partial charge >= 0.3 is 0 Å². The summed E-state index contributed by atoms with van der Waals surface area (Å²) >= 11 is 0. The van der Waals surface area contributed by atoms with Gasteiger partial charge in [0, 0.05) is 24.0 Å². The molecule has 1 N–H and O–H groups in total. The molecule has 0 aliphatic rings. The zero-order chi connectivity index (χ0) is 19.3. The molecule has 0 heterocycles. The SMILES string of the molecule is CCc1cccc(N(C(=N)N(CC)c2ccccc2C(C)C)C(C)C)c1. The Morgan fingerprint density at radius 3 is 2.23 bits per heavy atom. The van der Waals surface area contributed by atoms with Crippen molar-refractivity contribution in [2.75, 3.05) is 16.3 Å². The molecule has 0 amide bonds. The first-order valence-electron chi connectivity index (χ1n) is 9.73. The molecule has 0 radical (unpaired) electrons. The van der Waals surface area contributed by atoms with Crippen molar-refractivity contribution in [2.45, 2.75) is 59.9 Å². The molecule has 2 rings (SSSR count). The summed E-state index contributed by atoms with van der Waals surface area (Å²) < 4.78 is 0. The fourth-order valence-corrected chi connectivity index (χ4v) is 3.38. The van der Waals surface area contributed by atoms with E-state index in [0.29, 0.717) is 11.9 Å².